The summed E-state index contributed by atoms with van der Waals surface area (Å²) in [5.41, 5.74) is 11.0. The molecule has 6 rings (SSSR count). The number of nitrogens with two attached hydrogens (primary N) is 1. The molecular formula is C28H30ClN5O2. The summed E-state index contributed by atoms with van der Waals surface area (Å²) in [4.78, 5) is 32.1. The molecule has 0 aliphatic carbocycles. The molecule has 8 heteroatoms. The number of amides is 1. The zero-order valence-corrected chi connectivity index (χ0v) is 20.9. The summed E-state index contributed by atoms with van der Waals surface area (Å²) >= 11 is 6.14. The zero-order chi connectivity index (χ0) is 24.8. The minimum absolute atomic E-state index is 0.0165. The summed E-state index contributed by atoms with van der Waals surface area (Å²) in [5, 5.41) is 0.719. The molecule has 1 aromatic heterocycles. The van der Waals surface area contributed by atoms with Crippen LogP contribution in [0.15, 0.2) is 65.5 Å². The maximum Gasteiger partial charge on any atom is 0.254 e. The number of nitrogen functional groups attached to an aromatic ring is 1. The van der Waals surface area contributed by atoms with Gasteiger partial charge in [0.1, 0.15) is 0 Å². The number of hydrogen-bond acceptors (Lipinski definition) is 5. The monoisotopic (exact) mass is 503 g/mol. The van der Waals surface area contributed by atoms with E-state index in [0.717, 1.165) is 61.2 Å². The normalized spacial score (nSPS) is 21.3. The second-order valence-corrected chi connectivity index (χ2v) is 10.6. The topological polar surface area (TPSA) is 74.8 Å². The number of piperidine rings is 1. The Morgan fingerprint density at radius 3 is 2.47 bits per heavy atom. The second-order valence-electron chi connectivity index (χ2n) is 10.1. The third kappa shape index (κ3) is 4.22. The number of aromatic nitrogens is 1. The minimum Gasteiger partial charge on any atom is -0.397 e. The van der Waals surface area contributed by atoms with Gasteiger partial charge >= 0.3 is 0 Å². The summed E-state index contributed by atoms with van der Waals surface area (Å²) in [6.07, 6.45) is 1.09. The summed E-state index contributed by atoms with van der Waals surface area (Å²) in [6, 6.07) is 19.1. The number of anilines is 3. The van der Waals surface area contributed by atoms with Crippen molar-refractivity contribution in [3.05, 3.63) is 87.3 Å². The number of piperazine rings is 1. The van der Waals surface area contributed by atoms with E-state index in [4.69, 9.17) is 17.3 Å². The summed E-state index contributed by atoms with van der Waals surface area (Å²) in [5.74, 6) is 0.735. The van der Waals surface area contributed by atoms with E-state index in [9.17, 15) is 9.59 Å². The van der Waals surface area contributed by atoms with Crippen molar-refractivity contribution in [1.82, 2.24) is 9.47 Å². The first-order valence-electron chi connectivity index (χ1n) is 12.6. The molecule has 3 aromatic rings. The van der Waals surface area contributed by atoms with E-state index < -0.39 is 0 Å². The average molecular weight is 504 g/mol. The largest absolute Gasteiger partial charge is 0.397 e. The minimum atomic E-state index is 0.0165. The summed E-state index contributed by atoms with van der Waals surface area (Å²) in [7, 11) is 0. The predicted octanol–water partition coefficient (Wildman–Crippen LogP) is 3.67. The number of fused-ring (bicyclic) bond motifs is 4. The molecule has 0 unspecified atom stereocenters. The van der Waals surface area contributed by atoms with Gasteiger partial charge < -0.3 is 25.0 Å². The van der Waals surface area contributed by atoms with Gasteiger partial charge in [-0.15, -0.1) is 0 Å². The summed E-state index contributed by atoms with van der Waals surface area (Å²) in [6.45, 7) is 5.27. The third-order valence-electron chi connectivity index (χ3n) is 7.84. The van der Waals surface area contributed by atoms with Crippen LogP contribution >= 0.6 is 11.6 Å². The Balaban J connectivity index is 1.14. The van der Waals surface area contributed by atoms with Crippen LogP contribution in [0.25, 0.3) is 0 Å². The Kier molecular flexibility index (Phi) is 5.88. The van der Waals surface area contributed by atoms with Crippen LogP contribution in [0.4, 0.5) is 17.1 Å². The Bertz CT molecular complexity index is 1360. The van der Waals surface area contributed by atoms with E-state index in [1.807, 2.05) is 51.9 Å². The molecular weight excluding hydrogens is 474 g/mol. The first kappa shape index (κ1) is 23.0. The van der Waals surface area contributed by atoms with Crippen molar-refractivity contribution in [2.24, 2.45) is 5.92 Å². The Morgan fingerprint density at radius 2 is 1.69 bits per heavy atom. The molecule has 1 amide bonds. The Morgan fingerprint density at radius 1 is 0.889 bits per heavy atom. The van der Waals surface area contributed by atoms with Gasteiger partial charge in [0.15, 0.2) is 0 Å². The van der Waals surface area contributed by atoms with Gasteiger partial charge in [-0.2, -0.15) is 0 Å². The van der Waals surface area contributed by atoms with Gasteiger partial charge in [-0.1, -0.05) is 23.7 Å². The number of carbonyl (C=O) groups is 1. The number of hydrogen-bond donors (Lipinski definition) is 1. The lowest BCUT2D eigenvalue weighted by molar-refractivity contribution is 0.0747. The van der Waals surface area contributed by atoms with E-state index in [0.29, 0.717) is 36.2 Å². The van der Waals surface area contributed by atoms with E-state index in [2.05, 4.69) is 21.9 Å². The van der Waals surface area contributed by atoms with Crippen LogP contribution in [0.5, 0.6) is 0 Å². The quantitative estimate of drug-likeness (QED) is 0.552. The molecule has 2 saturated heterocycles. The van der Waals surface area contributed by atoms with E-state index in [1.54, 1.807) is 6.07 Å². The molecule has 2 bridgehead atoms. The van der Waals surface area contributed by atoms with Crippen molar-refractivity contribution in [3.8, 4) is 0 Å². The highest BCUT2D eigenvalue weighted by atomic mass is 35.5. The highest BCUT2D eigenvalue weighted by Crippen LogP contribution is 2.38. The molecule has 2 N–H and O–H groups in total. The molecule has 3 aliphatic rings. The smallest absolute Gasteiger partial charge is 0.254 e. The highest BCUT2D eigenvalue weighted by Gasteiger charge is 2.35. The van der Waals surface area contributed by atoms with Crippen LogP contribution < -0.4 is 21.1 Å². The van der Waals surface area contributed by atoms with Crippen molar-refractivity contribution >= 4 is 34.6 Å². The maximum atomic E-state index is 13.3. The van der Waals surface area contributed by atoms with Gasteiger partial charge in [-0.3, -0.25) is 9.59 Å². The fourth-order valence-electron chi connectivity index (χ4n) is 6.09. The fraction of sp³-hybridized carbons (Fsp3) is 0.357. The van der Waals surface area contributed by atoms with Crippen LogP contribution in [0.1, 0.15) is 28.4 Å². The molecule has 2 fully saturated rings. The molecule has 0 radical (unpaired) electrons. The SMILES string of the molecule is Nc1cc(C(=O)N2CCN(c3cccc(Cl)c3)CC2)ccc1N1C[C@H]2C[C@@H](C1)c1cccc(=O)n1C2. The molecule has 0 saturated carbocycles. The van der Waals surface area contributed by atoms with E-state index in [-0.39, 0.29) is 11.5 Å². The van der Waals surface area contributed by atoms with Gasteiger partial charge in [0.25, 0.3) is 11.5 Å². The lowest BCUT2D eigenvalue weighted by Crippen LogP contribution is -2.49. The number of rotatable bonds is 3. The maximum absolute atomic E-state index is 13.3. The molecule has 2 aromatic carbocycles. The van der Waals surface area contributed by atoms with Crippen LogP contribution in [-0.2, 0) is 6.54 Å². The van der Waals surface area contributed by atoms with Crippen LogP contribution in [0.3, 0.4) is 0 Å². The molecule has 2 atom stereocenters. The third-order valence-corrected chi connectivity index (χ3v) is 8.07. The number of pyridine rings is 1. The molecule has 7 nitrogen and oxygen atoms in total. The molecule has 4 heterocycles. The number of benzene rings is 2. The fourth-order valence-corrected chi connectivity index (χ4v) is 6.28. The van der Waals surface area contributed by atoms with Crippen LogP contribution in [0, 0.1) is 5.92 Å². The van der Waals surface area contributed by atoms with Crippen molar-refractivity contribution in [2.75, 3.05) is 54.8 Å². The first-order chi connectivity index (χ1) is 17.5. The van der Waals surface area contributed by atoms with Gasteiger partial charge in [-0.05, 0) is 54.8 Å². The lowest BCUT2D eigenvalue weighted by atomic mass is 9.83. The lowest BCUT2D eigenvalue weighted by Gasteiger charge is -2.44. The van der Waals surface area contributed by atoms with Crippen LogP contribution in [-0.4, -0.2) is 54.6 Å². The second kappa shape index (κ2) is 9.21. The van der Waals surface area contributed by atoms with Gasteiger partial charge in [0, 0.05) is 79.8 Å². The number of halogens is 1. The molecule has 3 aliphatic heterocycles. The van der Waals surface area contributed by atoms with Crippen molar-refractivity contribution < 1.29 is 4.79 Å². The number of carbonyl (C=O) groups excluding carboxylic acids is 1. The summed E-state index contributed by atoms with van der Waals surface area (Å²) < 4.78 is 1.94. The standard InChI is InChI=1S/C28H30ClN5O2/c29-22-3-1-4-23(15-22)31-9-11-32(12-10-31)28(36)20-7-8-26(24(30)14-20)33-16-19-13-21(18-33)25-5-2-6-27(35)34(25)17-19/h1-8,14-15,19,21H,9-13,16-18,30H2/t19-,21+/m1/s1. The molecule has 36 heavy (non-hydrogen) atoms. The van der Waals surface area contributed by atoms with E-state index in [1.165, 1.54) is 0 Å². The van der Waals surface area contributed by atoms with Gasteiger partial charge in [-0.25, -0.2) is 0 Å². The van der Waals surface area contributed by atoms with Crippen molar-refractivity contribution in [1.29, 1.82) is 0 Å². The van der Waals surface area contributed by atoms with Gasteiger partial charge in [0.2, 0.25) is 0 Å². The van der Waals surface area contributed by atoms with Crippen molar-refractivity contribution in [2.45, 2.75) is 18.9 Å². The predicted molar refractivity (Wildman–Crippen MR) is 144 cm³/mol. The molecule has 186 valence electrons. The first-order valence-corrected chi connectivity index (χ1v) is 13.0. The zero-order valence-electron chi connectivity index (χ0n) is 20.1. The molecule has 0 spiro atoms. The van der Waals surface area contributed by atoms with Crippen molar-refractivity contribution in [3.63, 3.8) is 0 Å². The average Bonchev–Trinajstić information content (AvgIpc) is 2.89. The Hall–Kier alpha value is -3.45. The van der Waals surface area contributed by atoms with E-state index >= 15 is 0 Å². The number of nitrogens with zero attached hydrogens (tertiary/aromatic N) is 4. The van der Waals surface area contributed by atoms with Crippen LogP contribution in [0.2, 0.25) is 5.02 Å². The highest BCUT2D eigenvalue weighted by molar-refractivity contribution is 6.30. The Labute approximate surface area is 215 Å². The van der Waals surface area contributed by atoms with Gasteiger partial charge in [0.05, 0.1) is 11.4 Å².